The molecule has 4 rings (SSSR count). The van der Waals surface area contributed by atoms with Crippen LogP contribution in [-0.2, 0) is 24.2 Å². The number of nitrogen functional groups attached to an aromatic ring is 1. The van der Waals surface area contributed by atoms with Crippen molar-refractivity contribution in [1.82, 2.24) is 15.0 Å². The maximum Gasteiger partial charge on any atom is 0.224 e. The number of carbonyl (C=O) groups is 1. The lowest BCUT2D eigenvalue weighted by molar-refractivity contribution is -0.116. The average molecular weight is 444 g/mol. The molecule has 0 aliphatic heterocycles. The lowest BCUT2D eigenvalue weighted by Gasteiger charge is -2.10. The Hall–Kier alpha value is -4.00. The molecular weight excluding hydrogens is 417 g/mol. The number of nitrogens with two attached hydrogens (primary N) is 1. The zero-order valence-electron chi connectivity index (χ0n) is 18.5. The second-order valence-corrected chi connectivity index (χ2v) is 8.01. The van der Waals surface area contributed by atoms with Gasteiger partial charge in [-0.15, -0.1) is 5.10 Å². The summed E-state index contributed by atoms with van der Waals surface area (Å²) in [5, 5.41) is 11.2. The van der Waals surface area contributed by atoms with E-state index in [2.05, 4.69) is 34.7 Å². The van der Waals surface area contributed by atoms with Crippen LogP contribution in [0.5, 0.6) is 0 Å². The Kier molecular flexibility index (Phi) is 6.78. The quantitative estimate of drug-likeness (QED) is 0.384. The Morgan fingerprint density at radius 2 is 1.79 bits per heavy atom. The summed E-state index contributed by atoms with van der Waals surface area (Å²) in [6, 6.07) is 19.8. The van der Waals surface area contributed by atoms with Gasteiger partial charge in [0.15, 0.2) is 0 Å². The lowest BCUT2D eigenvalue weighted by Crippen LogP contribution is -2.13. The predicted molar refractivity (Wildman–Crippen MR) is 128 cm³/mol. The summed E-state index contributed by atoms with van der Waals surface area (Å²) in [6.45, 7) is 2.83. The van der Waals surface area contributed by atoms with Crippen molar-refractivity contribution in [2.24, 2.45) is 0 Å². The van der Waals surface area contributed by atoms with Crippen LogP contribution in [-0.4, -0.2) is 20.9 Å². The van der Waals surface area contributed by atoms with Crippen LogP contribution < -0.4 is 11.1 Å². The first kappa shape index (κ1) is 22.2. The van der Waals surface area contributed by atoms with Crippen molar-refractivity contribution < 1.29 is 9.18 Å². The summed E-state index contributed by atoms with van der Waals surface area (Å²) < 4.78 is 15.0. The van der Waals surface area contributed by atoms with Gasteiger partial charge in [0.05, 0.1) is 17.1 Å². The number of nitrogens with one attached hydrogen (secondary N) is 1. The van der Waals surface area contributed by atoms with Gasteiger partial charge in [0.2, 0.25) is 5.91 Å². The number of rotatable bonds is 8. The van der Waals surface area contributed by atoms with E-state index < -0.39 is 0 Å². The standard InChI is InChI=1S/C26H26FN5O/c1-18-4-2-3-5-19(18)14-15-32-17-23(30-31-32)11-13-26(33)29-25-16-21(8-12-24(25)28)20-6-9-22(27)10-7-20/h2-10,12,16-17H,11,13-15,28H2,1H3,(H,29,33). The lowest BCUT2D eigenvalue weighted by atomic mass is 10.0. The summed E-state index contributed by atoms with van der Waals surface area (Å²) in [6.07, 6.45) is 3.50. The van der Waals surface area contributed by atoms with Crippen LogP contribution in [0.4, 0.5) is 15.8 Å². The smallest absolute Gasteiger partial charge is 0.224 e. The second-order valence-electron chi connectivity index (χ2n) is 8.01. The minimum atomic E-state index is -0.296. The zero-order valence-corrected chi connectivity index (χ0v) is 18.5. The van der Waals surface area contributed by atoms with E-state index in [4.69, 9.17) is 5.73 Å². The molecule has 0 unspecified atom stereocenters. The van der Waals surface area contributed by atoms with Gasteiger partial charge in [-0.05, 0) is 59.9 Å². The molecule has 0 atom stereocenters. The van der Waals surface area contributed by atoms with Crippen molar-refractivity contribution in [3.05, 3.63) is 95.6 Å². The first-order valence-corrected chi connectivity index (χ1v) is 10.9. The number of carbonyl (C=O) groups excluding carboxylic acids is 1. The van der Waals surface area contributed by atoms with Crippen molar-refractivity contribution in [2.75, 3.05) is 11.1 Å². The number of anilines is 2. The summed E-state index contributed by atoms with van der Waals surface area (Å²) in [5.74, 6) is -0.456. The maximum atomic E-state index is 13.2. The molecule has 4 aromatic rings. The normalized spacial score (nSPS) is 10.8. The third-order valence-electron chi connectivity index (χ3n) is 5.57. The van der Waals surface area contributed by atoms with Crippen molar-refractivity contribution in [1.29, 1.82) is 0 Å². The van der Waals surface area contributed by atoms with E-state index in [0.717, 1.165) is 29.8 Å². The number of amides is 1. The largest absolute Gasteiger partial charge is 0.397 e. The van der Waals surface area contributed by atoms with E-state index in [1.165, 1.54) is 23.3 Å². The van der Waals surface area contributed by atoms with Crippen molar-refractivity contribution in [2.45, 2.75) is 32.7 Å². The Labute approximate surface area is 192 Å². The fraction of sp³-hybridized carbons (Fsp3) is 0.192. The molecule has 0 aliphatic carbocycles. The van der Waals surface area contributed by atoms with Crippen LogP contribution in [0.3, 0.4) is 0 Å². The van der Waals surface area contributed by atoms with Gasteiger partial charge in [-0.3, -0.25) is 9.48 Å². The van der Waals surface area contributed by atoms with Gasteiger partial charge in [-0.1, -0.05) is 47.7 Å². The van der Waals surface area contributed by atoms with E-state index in [-0.39, 0.29) is 18.1 Å². The molecule has 6 nitrogen and oxygen atoms in total. The molecule has 33 heavy (non-hydrogen) atoms. The molecule has 0 bridgehead atoms. The van der Waals surface area contributed by atoms with Crippen LogP contribution >= 0.6 is 0 Å². The van der Waals surface area contributed by atoms with Crippen LogP contribution in [0, 0.1) is 12.7 Å². The monoisotopic (exact) mass is 443 g/mol. The minimum absolute atomic E-state index is 0.160. The van der Waals surface area contributed by atoms with Crippen molar-refractivity contribution >= 4 is 17.3 Å². The van der Waals surface area contributed by atoms with Crippen LogP contribution in [0.1, 0.15) is 23.2 Å². The highest BCUT2D eigenvalue weighted by molar-refractivity contribution is 5.95. The molecule has 1 aromatic heterocycles. The molecule has 0 fully saturated rings. The molecule has 0 saturated heterocycles. The van der Waals surface area contributed by atoms with Gasteiger partial charge < -0.3 is 11.1 Å². The van der Waals surface area contributed by atoms with E-state index in [9.17, 15) is 9.18 Å². The fourth-order valence-electron chi connectivity index (χ4n) is 3.63. The average Bonchev–Trinajstić information content (AvgIpc) is 3.27. The second kappa shape index (κ2) is 10.1. The molecule has 7 heteroatoms. The zero-order chi connectivity index (χ0) is 23.2. The molecule has 1 amide bonds. The van der Waals surface area contributed by atoms with E-state index in [1.54, 1.807) is 24.3 Å². The highest BCUT2D eigenvalue weighted by Gasteiger charge is 2.10. The molecule has 3 N–H and O–H groups in total. The van der Waals surface area contributed by atoms with Crippen LogP contribution in [0.25, 0.3) is 11.1 Å². The molecule has 0 radical (unpaired) electrons. The van der Waals surface area contributed by atoms with Crippen molar-refractivity contribution in [3.8, 4) is 11.1 Å². The van der Waals surface area contributed by atoms with Gasteiger partial charge in [-0.25, -0.2) is 4.39 Å². The Morgan fingerprint density at radius 3 is 2.58 bits per heavy atom. The molecule has 0 aliphatic rings. The SMILES string of the molecule is Cc1ccccc1CCn1cc(CCC(=O)Nc2cc(-c3ccc(F)cc3)ccc2N)nn1. The molecule has 0 spiro atoms. The van der Waals surface area contributed by atoms with Gasteiger partial charge in [0.1, 0.15) is 5.82 Å². The Balaban J connectivity index is 1.32. The number of aromatic nitrogens is 3. The Bertz CT molecular complexity index is 1250. The van der Waals surface area contributed by atoms with Crippen LogP contribution in [0.15, 0.2) is 72.9 Å². The summed E-state index contributed by atoms with van der Waals surface area (Å²) in [5.41, 5.74) is 12.0. The highest BCUT2D eigenvalue weighted by Crippen LogP contribution is 2.27. The fourth-order valence-corrected chi connectivity index (χ4v) is 3.63. The van der Waals surface area contributed by atoms with Crippen molar-refractivity contribution in [3.63, 3.8) is 0 Å². The number of nitrogens with zero attached hydrogens (tertiary/aromatic N) is 3. The molecule has 3 aromatic carbocycles. The molecule has 0 saturated carbocycles. The van der Waals surface area contributed by atoms with E-state index in [1.807, 2.05) is 29.1 Å². The Morgan fingerprint density at radius 1 is 1.03 bits per heavy atom. The number of hydrogen-bond acceptors (Lipinski definition) is 4. The topological polar surface area (TPSA) is 85.8 Å². The van der Waals surface area contributed by atoms with E-state index in [0.29, 0.717) is 17.8 Å². The third-order valence-corrected chi connectivity index (χ3v) is 5.57. The molecule has 1 heterocycles. The highest BCUT2D eigenvalue weighted by atomic mass is 19.1. The third kappa shape index (κ3) is 5.83. The van der Waals surface area contributed by atoms with Gasteiger partial charge in [0, 0.05) is 25.6 Å². The number of hydrogen-bond donors (Lipinski definition) is 2. The minimum Gasteiger partial charge on any atom is -0.397 e. The summed E-state index contributed by atoms with van der Waals surface area (Å²) >= 11 is 0. The number of halogens is 1. The van der Waals surface area contributed by atoms with E-state index >= 15 is 0 Å². The molecular formula is C26H26FN5O. The summed E-state index contributed by atoms with van der Waals surface area (Å²) in [4.78, 5) is 12.5. The van der Waals surface area contributed by atoms with Gasteiger partial charge >= 0.3 is 0 Å². The number of benzene rings is 3. The number of aryl methyl sites for hydroxylation is 4. The predicted octanol–water partition coefficient (Wildman–Crippen LogP) is 4.79. The van der Waals surface area contributed by atoms with Gasteiger partial charge in [-0.2, -0.15) is 0 Å². The van der Waals surface area contributed by atoms with Gasteiger partial charge in [0.25, 0.3) is 0 Å². The summed E-state index contributed by atoms with van der Waals surface area (Å²) in [7, 11) is 0. The maximum absolute atomic E-state index is 13.2. The van der Waals surface area contributed by atoms with Crippen LogP contribution in [0.2, 0.25) is 0 Å². The first-order valence-electron chi connectivity index (χ1n) is 10.9. The molecule has 168 valence electrons. The first-order chi connectivity index (χ1) is 16.0.